The fourth-order valence-corrected chi connectivity index (χ4v) is 2.50. The Balaban J connectivity index is 2.18. The van der Waals surface area contributed by atoms with Gasteiger partial charge < -0.3 is 15.2 Å². The molecule has 0 fully saturated rings. The fraction of sp³-hybridized carbons (Fsp3) is 0.333. The Morgan fingerprint density at radius 1 is 1.16 bits per heavy atom. The van der Waals surface area contributed by atoms with Crippen LogP contribution in [0.25, 0.3) is 0 Å². The third-order valence-electron chi connectivity index (χ3n) is 2.71. The first-order valence-corrected chi connectivity index (χ1v) is 7.33. The van der Waals surface area contributed by atoms with E-state index >= 15 is 0 Å². The van der Waals surface area contributed by atoms with Crippen LogP contribution in [0, 0.1) is 0 Å². The van der Waals surface area contributed by atoms with Gasteiger partial charge in [-0.2, -0.15) is 0 Å². The second-order valence-corrected chi connectivity index (χ2v) is 5.12. The first-order valence-electron chi connectivity index (χ1n) is 6.45. The number of hydrogen-bond acceptors (Lipinski definition) is 4. The van der Waals surface area contributed by atoms with Gasteiger partial charge in [0.05, 0.1) is 6.61 Å². The molecule has 3 nitrogen and oxygen atoms in total. The molecule has 1 heterocycles. The molecule has 0 saturated heterocycles. The molecule has 102 valence electrons. The van der Waals surface area contributed by atoms with Gasteiger partial charge in [0.2, 0.25) is 0 Å². The van der Waals surface area contributed by atoms with Crippen LogP contribution in [0.3, 0.4) is 0 Å². The van der Waals surface area contributed by atoms with Crippen molar-refractivity contribution in [1.82, 2.24) is 0 Å². The van der Waals surface area contributed by atoms with E-state index in [9.17, 15) is 0 Å². The molecule has 1 aromatic carbocycles. The topological polar surface area (TPSA) is 44.5 Å². The maximum absolute atomic E-state index is 5.95. The molecule has 0 spiro atoms. The second kappa shape index (κ2) is 7.16. The molecule has 0 unspecified atom stereocenters. The molecule has 19 heavy (non-hydrogen) atoms. The molecule has 0 amide bonds. The van der Waals surface area contributed by atoms with Crippen LogP contribution < -0.4 is 15.2 Å². The molecule has 2 N–H and O–H groups in total. The van der Waals surface area contributed by atoms with Crippen molar-refractivity contribution in [3.8, 4) is 11.5 Å². The molecule has 0 aliphatic carbocycles. The van der Waals surface area contributed by atoms with E-state index < -0.39 is 0 Å². The second-order valence-electron chi connectivity index (χ2n) is 4.08. The number of thiophene rings is 1. The van der Waals surface area contributed by atoms with Gasteiger partial charge in [-0.25, -0.2) is 0 Å². The number of benzene rings is 1. The third-order valence-corrected chi connectivity index (χ3v) is 3.56. The highest BCUT2D eigenvalue weighted by atomic mass is 32.1. The zero-order valence-electron chi connectivity index (χ0n) is 11.1. The monoisotopic (exact) mass is 277 g/mol. The highest BCUT2D eigenvalue weighted by Crippen LogP contribution is 2.32. The smallest absolute Gasteiger partial charge is 0.164 e. The van der Waals surface area contributed by atoms with Gasteiger partial charge >= 0.3 is 0 Å². The quantitative estimate of drug-likeness (QED) is 0.845. The van der Waals surface area contributed by atoms with Crippen molar-refractivity contribution >= 4 is 11.3 Å². The van der Waals surface area contributed by atoms with E-state index in [1.165, 1.54) is 4.88 Å². The van der Waals surface area contributed by atoms with E-state index in [-0.39, 0.29) is 0 Å². The van der Waals surface area contributed by atoms with Gasteiger partial charge in [-0.05, 0) is 43.0 Å². The molecule has 0 saturated carbocycles. The van der Waals surface area contributed by atoms with Crippen molar-refractivity contribution in [2.24, 2.45) is 5.73 Å². The van der Waals surface area contributed by atoms with Crippen LogP contribution >= 0.6 is 11.3 Å². The zero-order chi connectivity index (χ0) is 13.5. The van der Waals surface area contributed by atoms with Crippen molar-refractivity contribution in [1.29, 1.82) is 0 Å². The van der Waals surface area contributed by atoms with Crippen molar-refractivity contribution in [3.05, 3.63) is 46.2 Å². The van der Waals surface area contributed by atoms with Crippen molar-refractivity contribution in [2.75, 3.05) is 13.2 Å². The van der Waals surface area contributed by atoms with E-state index in [1.807, 2.05) is 36.6 Å². The van der Waals surface area contributed by atoms with Crippen molar-refractivity contribution in [3.63, 3.8) is 0 Å². The summed E-state index contributed by atoms with van der Waals surface area (Å²) in [5.41, 5.74) is 6.75. The standard InChI is InChI=1S/C15H19NO2S/c1-2-17-14-7-3-5-12(8-9-16)15(14)18-11-13-6-4-10-19-13/h3-7,10H,2,8-9,11,16H2,1H3. The summed E-state index contributed by atoms with van der Waals surface area (Å²) >= 11 is 1.69. The molecular weight excluding hydrogens is 258 g/mol. The van der Waals surface area contributed by atoms with Gasteiger partial charge in [-0.15, -0.1) is 11.3 Å². The lowest BCUT2D eigenvalue weighted by atomic mass is 10.1. The van der Waals surface area contributed by atoms with Crippen LogP contribution in [0.5, 0.6) is 11.5 Å². The SMILES string of the molecule is CCOc1cccc(CCN)c1OCc1cccs1. The summed E-state index contributed by atoms with van der Waals surface area (Å²) < 4.78 is 11.6. The van der Waals surface area contributed by atoms with Crippen LogP contribution in [0.2, 0.25) is 0 Å². The van der Waals surface area contributed by atoms with Gasteiger partial charge in [0.1, 0.15) is 6.61 Å². The number of hydrogen-bond donors (Lipinski definition) is 1. The Labute approximate surface area is 118 Å². The number of ether oxygens (including phenoxy) is 2. The highest BCUT2D eigenvalue weighted by Gasteiger charge is 2.11. The molecule has 4 heteroatoms. The Morgan fingerprint density at radius 2 is 2.05 bits per heavy atom. The number of rotatable bonds is 7. The van der Waals surface area contributed by atoms with Gasteiger partial charge in [0.15, 0.2) is 11.5 Å². The van der Waals surface area contributed by atoms with E-state index in [4.69, 9.17) is 15.2 Å². The molecule has 0 aliphatic heterocycles. The summed E-state index contributed by atoms with van der Waals surface area (Å²) in [5, 5.41) is 2.05. The summed E-state index contributed by atoms with van der Waals surface area (Å²) in [7, 11) is 0. The van der Waals surface area contributed by atoms with Gasteiger partial charge in [0.25, 0.3) is 0 Å². The molecule has 0 atom stereocenters. The fourth-order valence-electron chi connectivity index (χ4n) is 1.88. The van der Waals surface area contributed by atoms with Gasteiger partial charge in [-0.1, -0.05) is 18.2 Å². The number of para-hydroxylation sites is 1. The molecule has 0 bridgehead atoms. The summed E-state index contributed by atoms with van der Waals surface area (Å²) in [6.07, 6.45) is 0.792. The lowest BCUT2D eigenvalue weighted by Gasteiger charge is -2.15. The molecule has 0 aliphatic rings. The van der Waals surface area contributed by atoms with Crippen LogP contribution in [-0.4, -0.2) is 13.2 Å². The van der Waals surface area contributed by atoms with E-state index in [1.54, 1.807) is 11.3 Å². The summed E-state index contributed by atoms with van der Waals surface area (Å²) in [6.45, 7) is 3.77. The lowest BCUT2D eigenvalue weighted by Crippen LogP contribution is -2.07. The molecule has 2 rings (SSSR count). The minimum absolute atomic E-state index is 0.569. The molecule has 2 aromatic rings. The first kappa shape index (κ1) is 13.9. The Kier molecular flexibility index (Phi) is 5.24. The highest BCUT2D eigenvalue weighted by molar-refractivity contribution is 7.09. The van der Waals surface area contributed by atoms with Crippen LogP contribution in [0.1, 0.15) is 17.4 Å². The average molecular weight is 277 g/mol. The van der Waals surface area contributed by atoms with Crippen LogP contribution in [0.15, 0.2) is 35.7 Å². The minimum Gasteiger partial charge on any atom is -0.490 e. The van der Waals surface area contributed by atoms with Crippen LogP contribution in [-0.2, 0) is 13.0 Å². The third kappa shape index (κ3) is 3.72. The Morgan fingerprint density at radius 3 is 2.74 bits per heavy atom. The van der Waals surface area contributed by atoms with E-state index in [0.717, 1.165) is 23.5 Å². The maximum atomic E-state index is 5.95. The largest absolute Gasteiger partial charge is 0.490 e. The zero-order valence-corrected chi connectivity index (χ0v) is 11.9. The van der Waals surface area contributed by atoms with E-state index in [2.05, 4.69) is 6.07 Å². The van der Waals surface area contributed by atoms with E-state index in [0.29, 0.717) is 19.8 Å². The van der Waals surface area contributed by atoms with Crippen LogP contribution in [0.4, 0.5) is 0 Å². The predicted octanol–water partition coefficient (Wildman–Crippen LogP) is 3.23. The molecule has 0 radical (unpaired) electrons. The first-order chi connectivity index (χ1) is 9.35. The van der Waals surface area contributed by atoms with Gasteiger partial charge in [-0.3, -0.25) is 0 Å². The lowest BCUT2D eigenvalue weighted by molar-refractivity contribution is 0.269. The van der Waals surface area contributed by atoms with Gasteiger partial charge in [0, 0.05) is 4.88 Å². The number of nitrogens with two attached hydrogens (primary N) is 1. The Bertz CT molecular complexity index is 473. The maximum Gasteiger partial charge on any atom is 0.164 e. The van der Waals surface area contributed by atoms with Crippen molar-refractivity contribution < 1.29 is 9.47 Å². The summed E-state index contributed by atoms with van der Waals surface area (Å²) in [6, 6.07) is 10.1. The van der Waals surface area contributed by atoms with Crippen molar-refractivity contribution in [2.45, 2.75) is 20.0 Å². The average Bonchev–Trinajstić information content (AvgIpc) is 2.92. The minimum atomic E-state index is 0.569. The summed E-state index contributed by atoms with van der Waals surface area (Å²) in [4.78, 5) is 1.20. The normalized spacial score (nSPS) is 10.4. The predicted molar refractivity (Wildman–Crippen MR) is 79.0 cm³/mol. The molecular formula is C15H19NO2S. The molecule has 1 aromatic heterocycles. The Hall–Kier alpha value is -1.52. The summed E-state index contributed by atoms with van der Waals surface area (Å²) in [5.74, 6) is 1.62.